The minimum Gasteiger partial charge on any atom is -0.384 e. The van der Waals surface area contributed by atoms with E-state index in [4.69, 9.17) is 11.1 Å². The van der Waals surface area contributed by atoms with Crippen LogP contribution in [0.25, 0.3) is 0 Å². The summed E-state index contributed by atoms with van der Waals surface area (Å²) in [5, 5.41) is 7.43. The van der Waals surface area contributed by atoms with Crippen molar-refractivity contribution < 1.29 is 4.79 Å². The fourth-order valence-corrected chi connectivity index (χ4v) is 2.27. The number of benzene rings is 1. The number of aldehydes is 1. The van der Waals surface area contributed by atoms with Gasteiger partial charge in [-0.2, -0.15) is 0 Å². The predicted octanol–water partition coefficient (Wildman–Crippen LogP) is 1.53. The molecule has 1 saturated heterocycles. The molecule has 0 aliphatic carbocycles. The molecular formula is C13H17N3O. The number of piperidine rings is 1. The summed E-state index contributed by atoms with van der Waals surface area (Å²) in [7, 11) is 0. The molecule has 0 radical (unpaired) electrons. The van der Waals surface area contributed by atoms with Crippen LogP contribution in [-0.2, 0) is 4.79 Å². The van der Waals surface area contributed by atoms with E-state index in [-0.39, 0.29) is 11.9 Å². The quantitative estimate of drug-likeness (QED) is 0.471. The Morgan fingerprint density at radius 1 is 1.47 bits per heavy atom. The van der Waals surface area contributed by atoms with Crippen molar-refractivity contribution in [1.82, 2.24) is 0 Å². The Morgan fingerprint density at radius 2 is 2.29 bits per heavy atom. The molecule has 0 spiro atoms. The highest BCUT2D eigenvalue weighted by molar-refractivity contribution is 5.95. The molecule has 3 N–H and O–H groups in total. The topological polar surface area (TPSA) is 70.2 Å². The molecule has 1 heterocycles. The molecule has 4 heteroatoms. The molecule has 4 nitrogen and oxygen atoms in total. The molecule has 0 bridgehead atoms. The largest absolute Gasteiger partial charge is 0.384 e. The highest BCUT2D eigenvalue weighted by atomic mass is 16.1. The third-order valence-corrected chi connectivity index (χ3v) is 3.20. The van der Waals surface area contributed by atoms with E-state index in [0.717, 1.165) is 37.8 Å². The molecule has 1 unspecified atom stereocenters. The number of carbonyl (C=O) groups excluding carboxylic acids is 1. The summed E-state index contributed by atoms with van der Waals surface area (Å²) in [6, 6.07) is 7.50. The lowest BCUT2D eigenvalue weighted by atomic mass is 10.0. The zero-order valence-corrected chi connectivity index (χ0v) is 9.73. The third kappa shape index (κ3) is 2.46. The number of hydrogen-bond acceptors (Lipinski definition) is 3. The van der Waals surface area contributed by atoms with Crippen molar-refractivity contribution >= 4 is 17.8 Å². The SMILES string of the molecule is N=C(N)c1cccc(N2CCCCC2C=O)c1. The van der Waals surface area contributed by atoms with Gasteiger partial charge in [-0.05, 0) is 31.4 Å². The van der Waals surface area contributed by atoms with Gasteiger partial charge < -0.3 is 15.4 Å². The maximum Gasteiger partial charge on any atom is 0.142 e. The second-order valence-electron chi connectivity index (χ2n) is 4.36. The lowest BCUT2D eigenvalue weighted by molar-refractivity contribution is -0.109. The molecule has 1 aromatic rings. The van der Waals surface area contributed by atoms with Gasteiger partial charge in [-0.1, -0.05) is 12.1 Å². The Bertz CT molecular complexity index is 430. The summed E-state index contributed by atoms with van der Waals surface area (Å²) in [4.78, 5) is 13.2. The van der Waals surface area contributed by atoms with Crippen LogP contribution in [0.2, 0.25) is 0 Å². The summed E-state index contributed by atoms with van der Waals surface area (Å²) >= 11 is 0. The van der Waals surface area contributed by atoms with Crippen molar-refractivity contribution in [1.29, 1.82) is 5.41 Å². The van der Waals surface area contributed by atoms with Crippen molar-refractivity contribution in [3.63, 3.8) is 0 Å². The van der Waals surface area contributed by atoms with E-state index in [2.05, 4.69) is 4.90 Å². The fourth-order valence-electron chi connectivity index (χ4n) is 2.27. The molecule has 17 heavy (non-hydrogen) atoms. The monoisotopic (exact) mass is 231 g/mol. The molecule has 90 valence electrons. The number of carbonyl (C=O) groups is 1. The first kappa shape index (κ1) is 11.6. The van der Waals surface area contributed by atoms with Crippen molar-refractivity contribution in [3.05, 3.63) is 29.8 Å². The number of hydrogen-bond donors (Lipinski definition) is 2. The Labute approximate surface area is 101 Å². The Hall–Kier alpha value is -1.84. The lowest BCUT2D eigenvalue weighted by Crippen LogP contribution is -2.40. The van der Waals surface area contributed by atoms with Gasteiger partial charge in [0.15, 0.2) is 0 Å². The Balaban J connectivity index is 2.28. The summed E-state index contributed by atoms with van der Waals surface area (Å²) in [6.07, 6.45) is 4.13. The summed E-state index contributed by atoms with van der Waals surface area (Å²) in [5.74, 6) is 0.0616. The van der Waals surface area contributed by atoms with Gasteiger partial charge in [-0.25, -0.2) is 0 Å². The minimum atomic E-state index is -0.0361. The maximum absolute atomic E-state index is 11.1. The van der Waals surface area contributed by atoms with E-state index in [9.17, 15) is 4.79 Å². The lowest BCUT2D eigenvalue weighted by Gasteiger charge is -2.34. The van der Waals surface area contributed by atoms with Crippen molar-refractivity contribution in [2.24, 2.45) is 5.73 Å². The van der Waals surface area contributed by atoms with Crippen LogP contribution in [0.1, 0.15) is 24.8 Å². The number of nitrogens with one attached hydrogen (secondary N) is 1. The normalized spacial score (nSPS) is 20.0. The molecule has 0 amide bonds. The number of amidine groups is 1. The summed E-state index contributed by atoms with van der Waals surface area (Å²) in [5.41, 5.74) is 7.16. The number of rotatable bonds is 3. The number of anilines is 1. The van der Waals surface area contributed by atoms with Gasteiger partial charge >= 0.3 is 0 Å². The van der Waals surface area contributed by atoms with Crippen LogP contribution < -0.4 is 10.6 Å². The van der Waals surface area contributed by atoms with E-state index < -0.39 is 0 Å². The Morgan fingerprint density at radius 3 is 3.00 bits per heavy atom. The summed E-state index contributed by atoms with van der Waals surface area (Å²) in [6.45, 7) is 0.894. The van der Waals surface area contributed by atoms with Crippen molar-refractivity contribution in [2.75, 3.05) is 11.4 Å². The zero-order chi connectivity index (χ0) is 12.3. The van der Waals surface area contributed by atoms with Gasteiger partial charge in [0.1, 0.15) is 12.1 Å². The minimum absolute atomic E-state index is 0.0361. The van der Waals surface area contributed by atoms with Crippen molar-refractivity contribution in [2.45, 2.75) is 25.3 Å². The molecule has 0 saturated carbocycles. The number of nitrogens with zero attached hydrogens (tertiary/aromatic N) is 1. The molecule has 0 aromatic heterocycles. The van der Waals surface area contributed by atoms with Gasteiger partial charge in [0.2, 0.25) is 0 Å². The van der Waals surface area contributed by atoms with E-state index in [0.29, 0.717) is 5.56 Å². The van der Waals surface area contributed by atoms with E-state index >= 15 is 0 Å². The van der Waals surface area contributed by atoms with Gasteiger partial charge in [0.25, 0.3) is 0 Å². The average molecular weight is 231 g/mol. The smallest absolute Gasteiger partial charge is 0.142 e. The molecule has 1 aliphatic heterocycles. The zero-order valence-electron chi connectivity index (χ0n) is 9.73. The van der Waals surface area contributed by atoms with Gasteiger partial charge in [0.05, 0.1) is 6.04 Å². The number of nitrogen functional groups attached to an aromatic ring is 1. The third-order valence-electron chi connectivity index (χ3n) is 3.20. The standard InChI is InChI=1S/C13H17N3O/c14-13(15)10-4-3-6-11(8-10)16-7-2-1-5-12(16)9-17/h3-4,6,8-9,12H,1-2,5,7H2,(H3,14,15). The molecular weight excluding hydrogens is 214 g/mol. The summed E-state index contributed by atoms with van der Waals surface area (Å²) < 4.78 is 0. The van der Waals surface area contributed by atoms with E-state index in [1.165, 1.54) is 0 Å². The van der Waals surface area contributed by atoms with Crippen LogP contribution in [0.3, 0.4) is 0 Å². The number of nitrogens with two attached hydrogens (primary N) is 1. The highest BCUT2D eigenvalue weighted by Crippen LogP contribution is 2.24. The first-order chi connectivity index (χ1) is 8.22. The van der Waals surface area contributed by atoms with Crippen LogP contribution in [0.4, 0.5) is 5.69 Å². The molecule has 1 aromatic carbocycles. The average Bonchev–Trinajstić information content (AvgIpc) is 2.39. The molecule has 1 aliphatic rings. The van der Waals surface area contributed by atoms with Crippen LogP contribution in [0, 0.1) is 5.41 Å². The second kappa shape index (κ2) is 4.99. The predicted molar refractivity (Wildman–Crippen MR) is 68.5 cm³/mol. The molecule has 2 rings (SSSR count). The molecule has 1 atom stereocenters. The first-order valence-corrected chi connectivity index (χ1v) is 5.89. The van der Waals surface area contributed by atoms with Gasteiger partial charge in [0, 0.05) is 17.8 Å². The fraction of sp³-hybridized carbons (Fsp3) is 0.385. The van der Waals surface area contributed by atoms with Crippen LogP contribution in [-0.4, -0.2) is 24.7 Å². The highest BCUT2D eigenvalue weighted by Gasteiger charge is 2.22. The second-order valence-corrected chi connectivity index (χ2v) is 4.36. The first-order valence-electron chi connectivity index (χ1n) is 5.89. The van der Waals surface area contributed by atoms with E-state index in [1.54, 1.807) is 0 Å². The molecule has 1 fully saturated rings. The van der Waals surface area contributed by atoms with Crippen LogP contribution >= 0.6 is 0 Å². The van der Waals surface area contributed by atoms with E-state index in [1.807, 2.05) is 24.3 Å². The van der Waals surface area contributed by atoms with Gasteiger partial charge in [-0.3, -0.25) is 5.41 Å². The maximum atomic E-state index is 11.1. The van der Waals surface area contributed by atoms with Crippen LogP contribution in [0.15, 0.2) is 24.3 Å². The van der Waals surface area contributed by atoms with Crippen molar-refractivity contribution in [3.8, 4) is 0 Å². The van der Waals surface area contributed by atoms with Gasteiger partial charge in [-0.15, -0.1) is 0 Å². The van der Waals surface area contributed by atoms with Crippen LogP contribution in [0.5, 0.6) is 0 Å². The Kier molecular flexibility index (Phi) is 3.42.